The van der Waals surface area contributed by atoms with Gasteiger partial charge in [-0.15, -0.1) is 0 Å². The molecule has 1 heterocycles. The molecule has 3 rings (SSSR count). The van der Waals surface area contributed by atoms with E-state index in [4.69, 9.17) is 4.74 Å². The second kappa shape index (κ2) is 4.61. The Bertz CT molecular complexity index is 619. The average molecular weight is 253 g/mol. The first kappa shape index (κ1) is 12.1. The lowest BCUT2D eigenvalue weighted by atomic mass is 10.0. The lowest BCUT2D eigenvalue weighted by Crippen LogP contribution is -2.32. The molecular weight excluding hydrogens is 234 g/mol. The van der Waals surface area contributed by atoms with Crippen molar-refractivity contribution in [3.8, 4) is 5.75 Å². The Morgan fingerprint density at radius 3 is 2.58 bits per heavy atom. The molecule has 0 aromatic heterocycles. The standard InChI is InChI=1S/C17H19NO/c1-12-8-14(3)17-15(9-12)10-18(11-19-17)16-7-5-4-6-13(16)2/h4-9H,10-11H2,1-3H3. The van der Waals surface area contributed by atoms with Gasteiger partial charge < -0.3 is 9.64 Å². The number of hydrogen-bond donors (Lipinski definition) is 0. The number of aryl methyl sites for hydroxylation is 3. The number of nitrogens with zero attached hydrogens (tertiary/aromatic N) is 1. The van der Waals surface area contributed by atoms with E-state index < -0.39 is 0 Å². The highest BCUT2D eigenvalue weighted by molar-refractivity contribution is 5.56. The molecule has 2 aromatic carbocycles. The molecule has 2 heteroatoms. The van der Waals surface area contributed by atoms with Crippen molar-refractivity contribution in [2.24, 2.45) is 0 Å². The van der Waals surface area contributed by atoms with Crippen LogP contribution in [0.15, 0.2) is 36.4 Å². The molecule has 0 amide bonds. The van der Waals surface area contributed by atoms with E-state index in [1.54, 1.807) is 0 Å². The number of anilines is 1. The first-order valence-electron chi connectivity index (χ1n) is 6.68. The fourth-order valence-corrected chi connectivity index (χ4v) is 2.83. The lowest BCUT2D eigenvalue weighted by Gasteiger charge is -2.32. The van der Waals surface area contributed by atoms with Crippen molar-refractivity contribution >= 4 is 5.69 Å². The van der Waals surface area contributed by atoms with Crippen LogP contribution in [0.2, 0.25) is 0 Å². The molecule has 1 aliphatic rings. The Kier molecular flexibility index (Phi) is 2.94. The van der Waals surface area contributed by atoms with Crippen LogP contribution in [-0.2, 0) is 6.54 Å². The molecule has 19 heavy (non-hydrogen) atoms. The van der Waals surface area contributed by atoms with Crippen molar-refractivity contribution in [1.82, 2.24) is 0 Å². The summed E-state index contributed by atoms with van der Waals surface area (Å²) in [6, 6.07) is 12.9. The van der Waals surface area contributed by atoms with Crippen LogP contribution in [0.4, 0.5) is 5.69 Å². The minimum absolute atomic E-state index is 0.627. The van der Waals surface area contributed by atoms with Crippen LogP contribution in [0, 0.1) is 20.8 Å². The summed E-state index contributed by atoms with van der Waals surface area (Å²) in [5.41, 5.74) is 6.36. The van der Waals surface area contributed by atoms with Crippen molar-refractivity contribution < 1.29 is 4.74 Å². The number of rotatable bonds is 1. The predicted octanol–water partition coefficient (Wildman–Crippen LogP) is 3.97. The van der Waals surface area contributed by atoms with E-state index in [9.17, 15) is 0 Å². The predicted molar refractivity (Wildman–Crippen MR) is 78.8 cm³/mol. The molecule has 0 aliphatic carbocycles. The van der Waals surface area contributed by atoms with Gasteiger partial charge in [0.25, 0.3) is 0 Å². The molecule has 0 unspecified atom stereocenters. The van der Waals surface area contributed by atoms with Gasteiger partial charge in [0.15, 0.2) is 6.73 Å². The number of benzene rings is 2. The highest BCUT2D eigenvalue weighted by atomic mass is 16.5. The van der Waals surface area contributed by atoms with Gasteiger partial charge in [-0.2, -0.15) is 0 Å². The molecular formula is C17H19NO. The zero-order valence-corrected chi connectivity index (χ0v) is 11.7. The van der Waals surface area contributed by atoms with E-state index in [2.05, 4.69) is 62.1 Å². The highest BCUT2D eigenvalue weighted by Crippen LogP contribution is 2.33. The van der Waals surface area contributed by atoms with Crippen molar-refractivity contribution in [3.63, 3.8) is 0 Å². The molecule has 2 nitrogen and oxygen atoms in total. The third-order valence-corrected chi connectivity index (χ3v) is 3.68. The van der Waals surface area contributed by atoms with Crippen molar-refractivity contribution in [2.75, 3.05) is 11.6 Å². The fourth-order valence-electron chi connectivity index (χ4n) is 2.83. The second-order valence-corrected chi connectivity index (χ2v) is 5.33. The average Bonchev–Trinajstić information content (AvgIpc) is 2.38. The smallest absolute Gasteiger partial charge is 0.161 e. The summed E-state index contributed by atoms with van der Waals surface area (Å²) < 4.78 is 5.96. The summed E-state index contributed by atoms with van der Waals surface area (Å²) in [7, 11) is 0. The molecule has 0 radical (unpaired) electrons. The molecule has 98 valence electrons. The van der Waals surface area contributed by atoms with E-state index >= 15 is 0 Å². The van der Waals surface area contributed by atoms with E-state index in [1.807, 2.05) is 0 Å². The van der Waals surface area contributed by atoms with Crippen LogP contribution in [0.5, 0.6) is 5.75 Å². The fraction of sp³-hybridized carbons (Fsp3) is 0.294. The van der Waals surface area contributed by atoms with Gasteiger partial charge in [-0.25, -0.2) is 0 Å². The van der Waals surface area contributed by atoms with Gasteiger partial charge in [0, 0.05) is 17.8 Å². The van der Waals surface area contributed by atoms with Gasteiger partial charge in [-0.1, -0.05) is 35.9 Å². The number of para-hydroxylation sites is 1. The summed E-state index contributed by atoms with van der Waals surface area (Å²) >= 11 is 0. The molecule has 0 atom stereocenters. The molecule has 1 aliphatic heterocycles. The first-order chi connectivity index (χ1) is 9.15. The SMILES string of the molecule is Cc1cc(C)c2c(c1)CN(c1ccccc1C)CO2. The topological polar surface area (TPSA) is 12.5 Å². The number of fused-ring (bicyclic) bond motifs is 1. The Balaban J connectivity index is 1.97. The Hall–Kier alpha value is -1.96. The van der Waals surface area contributed by atoms with Crippen molar-refractivity contribution in [3.05, 3.63) is 58.7 Å². The number of ether oxygens (including phenoxy) is 1. The monoisotopic (exact) mass is 253 g/mol. The summed E-state index contributed by atoms with van der Waals surface area (Å²) in [4.78, 5) is 2.29. The maximum absolute atomic E-state index is 5.96. The minimum Gasteiger partial charge on any atom is -0.472 e. The molecule has 0 bridgehead atoms. The third kappa shape index (κ3) is 2.19. The van der Waals surface area contributed by atoms with Crippen LogP contribution < -0.4 is 9.64 Å². The van der Waals surface area contributed by atoms with Crippen LogP contribution in [0.1, 0.15) is 22.3 Å². The van der Waals surface area contributed by atoms with Gasteiger partial charge in [0.05, 0.1) is 0 Å². The lowest BCUT2D eigenvalue weighted by molar-refractivity contribution is 0.287. The zero-order chi connectivity index (χ0) is 13.4. The molecule has 0 saturated carbocycles. The number of hydrogen-bond acceptors (Lipinski definition) is 2. The van der Waals surface area contributed by atoms with Gasteiger partial charge in [0.2, 0.25) is 0 Å². The zero-order valence-electron chi connectivity index (χ0n) is 11.7. The Morgan fingerprint density at radius 2 is 1.79 bits per heavy atom. The van der Waals surface area contributed by atoms with Crippen LogP contribution in [0.3, 0.4) is 0 Å². The van der Waals surface area contributed by atoms with Crippen LogP contribution in [0.25, 0.3) is 0 Å². The maximum atomic E-state index is 5.96. The Morgan fingerprint density at radius 1 is 1.00 bits per heavy atom. The van der Waals surface area contributed by atoms with Crippen molar-refractivity contribution in [1.29, 1.82) is 0 Å². The Labute approximate surface area is 114 Å². The summed E-state index contributed by atoms with van der Waals surface area (Å²) in [6.45, 7) is 7.95. The largest absolute Gasteiger partial charge is 0.472 e. The van der Waals surface area contributed by atoms with Gasteiger partial charge in [-0.05, 0) is 38.0 Å². The van der Waals surface area contributed by atoms with Crippen LogP contribution >= 0.6 is 0 Å². The quantitative estimate of drug-likeness (QED) is 0.762. The van der Waals surface area contributed by atoms with E-state index in [0.717, 1.165) is 12.3 Å². The summed E-state index contributed by atoms with van der Waals surface area (Å²) in [5.74, 6) is 1.07. The maximum Gasteiger partial charge on any atom is 0.161 e. The molecule has 0 fully saturated rings. The van der Waals surface area contributed by atoms with Gasteiger partial charge in [0.1, 0.15) is 5.75 Å². The normalized spacial score (nSPS) is 13.9. The van der Waals surface area contributed by atoms with E-state index in [1.165, 1.54) is 27.9 Å². The van der Waals surface area contributed by atoms with E-state index in [-0.39, 0.29) is 0 Å². The van der Waals surface area contributed by atoms with E-state index in [0.29, 0.717) is 6.73 Å². The molecule has 0 saturated heterocycles. The molecule has 0 N–H and O–H groups in total. The first-order valence-corrected chi connectivity index (χ1v) is 6.68. The summed E-state index contributed by atoms with van der Waals surface area (Å²) in [5, 5.41) is 0. The second-order valence-electron chi connectivity index (χ2n) is 5.33. The van der Waals surface area contributed by atoms with Crippen molar-refractivity contribution in [2.45, 2.75) is 27.3 Å². The third-order valence-electron chi connectivity index (χ3n) is 3.68. The molecule has 2 aromatic rings. The van der Waals surface area contributed by atoms with Gasteiger partial charge in [-0.3, -0.25) is 0 Å². The minimum atomic E-state index is 0.627. The van der Waals surface area contributed by atoms with Crippen LogP contribution in [-0.4, -0.2) is 6.73 Å². The van der Waals surface area contributed by atoms with Gasteiger partial charge >= 0.3 is 0 Å². The summed E-state index contributed by atoms with van der Waals surface area (Å²) in [6.07, 6.45) is 0. The highest BCUT2D eigenvalue weighted by Gasteiger charge is 2.20. The molecule has 0 spiro atoms.